The summed E-state index contributed by atoms with van der Waals surface area (Å²) in [6, 6.07) is 3.63. The number of hydrogen-bond donors (Lipinski definition) is 1. The van der Waals surface area contributed by atoms with E-state index < -0.39 is 0 Å². The summed E-state index contributed by atoms with van der Waals surface area (Å²) < 4.78 is 1.71. The van der Waals surface area contributed by atoms with Crippen LogP contribution in [0, 0.1) is 13.8 Å². The second kappa shape index (κ2) is 3.55. The van der Waals surface area contributed by atoms with Crippen LogP contribution in [0.1, 0.15) is 11.4 Å². The van der Waals surface area contributed by atoms with Gasteiger partial charge in [0.05, 0.1) is 16.4 Å². The second-order valence-corrected chi connectivity index (χ2v) is 3.84. The topological polar surface area (TPSA) is 56.7 Å². The molecule has 5 heteroatoms. The molecule has 0 aliphatic rings. The molecule has 0 spiro atoms. The van der Waals surface area contributed by atoms with Gasteiger partial charge in [-0.25, -0.2) is 9.67 Å². The molecule has 0 saturated heterocycles. The molecule has 2 aromatic heterocycles. The molecule has 0 saturated carbocycles. The van der Waals surface area contributed by atoms with E-state index in [0.717, 1.165) is 11.4 Å². The summed E-state index contributed by atoms with van der Waals surface area (Å²) in [5.41, 5.74) is 8.27. The highest BCUT2D eigenvalue weighted by molar-refractivity contribution is 6.30. The van der Waals surface area contributed by atoms with E-state index >= 15 is 0 Å². The van der Waals surface area contributed by atoms with Crippen LogP contribution >= 0.6 is 11.6 Å². The molecule has 0 fully saturated rings. The van der Waals surface area contributed by atoms with Crippen molar-refractivity contribution >= 4 is 17.3 Å². The molecular formula is C10H11ClN4. The molecule has 0 atom stereocenters. The first-order chi connectivity index (χ1) is 7.08. The summed E-state index contributed by atoms with van der Waals surface area (Å²) in [6.45, 7) is 3.88. The highest BCUT2D eigenvalue weighted by Gasteiger charge is 2.08. The third-order valence-corrected chi connectivity index (χ3v) is 2.28. The molecule has 15 heavy (non-hydrogen) atoms. The summed E-state index contributed by atoms with van der Waals surface area (Å²) in [4.78, 5) is 4.17. The van der Waals surface area contributed by atoms with Crippen LogP contribution in [0.25, 0.3) is 5.82 Å². The van der Waals surface area contributed by atoms with Gasteiger partial charge in [-0.2, -0.15) is 5.10 Å². The van der Waals surface area contributed by atoms with Crippen LogP contribution in [0.3, 0.4) is 0 Å². The number of hydrogen-bond acceptors (Lipinski definition) is 3. The maximum Gasteiger partial charge on any atom is 0.176 e. The zero-order chi connectivity index (χ0) is 11.0. The largest absolute Gasteiger partial charge is 0.396 e. The van der Waals surface area contributed by atoms with Gasteiger partial charge in [-0.3, -0.25) is 0 Å². The molecule has 2 N–H and O–H groups in total. The quantitative estimate of drug-likeness (QED) is 0.804. The lowest BCUT2D eigenvalue weighted by atomic mass is 10.3. The monoisotopic (exact) mass is 222 g/mol. The number of aromatic nitrogens is 3. The van der Waals surface area contributed by atoms with Crippen LogP contribution in [0.5, 0.6) is 0 Å². The SMILES string of the molecule is Cc1cc(C)n(-c2ncc(Cl)cc2N)n1. The summed E-state index contributed by atoms with van der Waals surface area (Å²) in [5.74, 6) is 0.616. The fraction of sp³-hybridized carbons (Fsp3) is 0.200. The Morgan fingerprint density at radius 2 is 2.07 bits per heavy atom. The Balaban J connectivity index is 2.59. The van der Waals surface area contributed by atoms with Crippen LogP contribution in [0.4, 0.5) is 5.69 Å². The van der Waals surface area contributed by atoms with Gasteiger partial charge in [0.25, 0.3) is 0 Å². The molecule has 0 aliphatic carbocycles. The fourth-order valence-electron chi connectivity index (χ4n) is 1.47. The van der Waals surface area contributed by atoms with Crippen molar-refractivity contribution in [2.75, 3.05) is 5.73 Å². The van der Waals surface area contributed by atoms with Gasteiger partial charge in [0.15, 0.2) is 5.82 Å². The molecule has 0 bridgehead atoms. The Bertz CT molecular complexity index is 504. The van der Waals surface area contributed by atoms with Crippen LogP contribution < -0.4 is 5.73 Å². The number of anilines is 1. The zero-order valence-corrected chi connectivity index (χ0v) is 9.28. The molecule has 0 aliphatic heterocycles. The molecule has 0 unspecified atom stereocenters. The van der Waals surface area contributed by atoms with Crippen molar-refractivity contribution in [3.05, 3.63) is 34.7 Å². The van der Waals surface area contributed by atoms with Crippen molar-refractivity contribution in [2.45, 2.75) is 13.8 Å². The Labute approximate surface area is 92.7 Å². The predicted octanol–water partition coefficient (Wildman–Crippen LogP) is 2.12. The Kier molecular flexibility index (Phi) is 2.36. The maximum absolute atomic E-state index is 5.82. The average Bonchev–Trinajstić information content (AvgIpc) is 2.45. The molecule has 0 amide bonds. The lowest BCUT2D eigenvalue weighted by Gasteiger charge is -2.06. The minimum atomic E-state index is 0.522. The third kappa shape index (κ3) is 1.80. The van der Waals surface area contributed by atoms with E-state index in [1.54, 1.807) is 16.9 Å². The van der Waals surface area contributed by atoms with E-state index in [0.29, 0.717) is 16.5 Å². The second-order valence-electron chi connectivity index (χ2n) is 3.41. The van der Waals surface area contributed by atoms with E-state index in [4.69, 9.17) is 17.3 Å². The Morgan fingerprint density at radius 3 is 2.60 bits per heavy atom. The van der Waals surface area contributed by atoms with Gasteiger partial charge in [0, 0.05) is 11.9 Å². The molecule has 0 aromatic carbocycles. The van der Waals surface area contributed by atoms with Crippen LogP contribution in [-0.4, -0.2) is 14.8 Å². The normalized spacial score (nSPS) is 10.6. The van der Waals surface area contributed by atoms with E-state index in [-0.39, 0.29) is 0 Å². The highest BCUT2D eigenvalue weighted by Crippen LogP contribution is 2.19. The molecular weight excluding hydrogens is 212 g/mol. The molecule has 2 aromatic rings. The Hall–Kier alpha value is -1.55. The lowest BCUT2D eigenvalue weighted by molar-refractivity contribution is 0.809. The lowest BCUT2D eigenvalue weighted by Crippen LogP contribution is -2.05. The number of pyridine rings is 1. The minimum absolute atomic E-state index is 0.522. The van der Waals surface area contributed by atoms with E-state index in [1.165, 1.54) is 0 Å². The number of aryl methyl sites for hydroxylation is 2. The number of nitrogens with zero attached hydrogens (tertiary/aromatic N) is 3. The molecule has 78 valence electrons. The van der Waals surface area contributed by atoms with Crippen LogP contribution in [0.15, 0.2) is 18.3 Å². The first-order valence-corrected chi connectivity index (χ1v) is 4.90. The van der Waals surface area contributed by atoms with Gasteiger partial charge < -0.3 is 5.73 Å². The number of nitrogens with two attached hydrogens (primary N) is 1. The summed E-state index contributed by atoms with van der Waals surface area (Å²) in [5, 5.41) is 4.83. The fourth-order valence-corrected chi connectivity index (χ4v) is 1.63. The van der Waals surface area contributed by atoms with Crippen molar-refractivity contribution in [1.29, 1.82) is 0 Å². The molecule has 0 radical (unpaired) electrons. The summed E-state index contributed by atoms with van der Waals surface area (Å²) in [6.07, 6.45) is 1.56. The van der Waals surface area contributed by atoms with Crippen molar-refractivity contribution < 1.29 is 0 Å². The first-order valence-electron chi connectivity index (χ1n) is 4.52. The molecule has 2 rings (SSSR count). The van der Waals surface area contributed by atoms with E-state index in [9.17, 15) is 0 Å². The van der Waals surface area contributed by atoms with Gasteiger partial charge in [-0.1, -0.05) is 11.6 Å². The van der Waals surface area contributed by atoms with Crippen molar-refractivity contribution in [2.24, 2.45) is 0 Å². The average molecular weight is 223 g/mol. The van der Waals surface area contributed by atoms with Gasteiger partial charge >= 0.3 is 0 Å². The smallest absolute Gasteiger partial charge is 0.176 e. The summed E-state index contributed by atoms with van der Waals surface area (Å²) >= 11 is 5.78. The maximum atomic E-state index is 5.82. The standard InChI is InChI=1S/C10H11ClN4/c1-6-3-7(2)15(14-6)10-9(12)4-8(11)5-13-10/h3-5H,12H2,1-2H3. The van der Waals surface area contributed by atoms with Gasteiger partial charge in [0.2, 0.25) is 0 Å². The van der Waals surface area contributed by atoms with Gasteiger partial charge in [-0.05, 0) is 26.0 Å². The zero-order valence-electron chi connectivity index (χ0n) is 8.53. The van der Waals surface area contributed by atoms with Crippen LogP contribution in [0.2, 0.25) is 5.02 Å². The van der Waals surface area contributed by atoms with E-state index in [1.807, 2.05) is 19.9 Å². The molecule has 4 nitrogen and oxygen atoms in total. The number of rotatable bonds is 1. The van der Waals surface area contributed by atoms with Crippen LogP contribution in [-0.2, 0) is 0 Å². The minimum Gasteiger partial charge on any atom is -0.396 e. The van der Waals surface area contributed by atoms with Gasteiger partial charge in [0.1, 0.15) is 0 Å². The summed E-state index contributed by atoms with van der Waals surface area (Å²) in [7, 11) is 0. The predicted molar refractivity (Wildman–Crippen MR) is 60.3 cm³/mol. The Morgan fingerprint density at radius 1 is 1.33 bits per heavy atom. The van der Waals surface area contributed by atoms with Crippen molar-refractivity contribution in [3.8, 4) is 5.82 Å². The highest BCUT2D eigenvalue weighted by atomic mass is 35.5. The number of halogens is 1. The third-order valence-electron chi connectivity index (χ3n) is 2.07. The first kappa shape index (κ1) is 9.98. The van der Waals surface area contributed by atoms with E-state index in [2.05, 4.69) is 10.1 Å². The van der Waals surface area contributed by atoms with Crippen molar-refractivity contribution in [1.82, 2.24) is 14.8 Å². The van der Waals surface area contributed by atoms with Gasteiger partial charge in [-0.15, -0.1) is 0 Å². The number of nitrogen functional groups attached to an aromatic ring is 1. The molecule has 2 heterocycles. The van der Waals surface area contributed by atoms with Crippen molar-refractivity contribution in [3.63, 3.8) is 0 Å².